The molecule has 0 saturated heterocycles. The lowest BCUT2D eigenvalue weighted by Gasteiger charge is -2.53. The van der Waals surface area contributed by atoms with Crippen molar-refractivity contribution < 1.29 is 48.5 Å². The molecule has 0 aromatic heterocycles. The summed E-state index contributed by atoms with van der Waals surface area (Å²) in [5.41, 5.74) is -3.70. The van der Waals surface area contributed by atoms with Gasteiger partial charge in [0.2, 0.25) is 0 Å². The van der Waals surface area contributed by atoms with E-state index in [1.807, 2.05) is 0 Å². The molecule has 1 amide bonds. The number of nitro groups is 1. The first-order valence-corrected chi connectivity index (χ1v) is 12.5. The van der Waals surface area contributed by atoms with E-state index < -0.39 is 52.0 Å². The summed E-state index contributed by atoms with van der Waals surface area (Å²) < 4.78 is 15.6. The molecule has 13 nitrogen and oxygen atoms in total. The van der Waals surface area contributed by atoms with Gasteiger partial charge in [-0.05, 0) is 62.4 Å². The smallest absolute Gasteiger partial charge is 0.481 e. The van der Waals surface area contributed by atoms with Gasteiger partial charge in [-0.3, -0.25) is 19.8 Å². The standard InChI is InChI=1S/C28H34N2O11/c1-26(2,3)28(23(33)34,16-15-22(31)32)29(27(4,5)6)24(35)39-17-18-7-11-20(12-8-18)40-25(36)41-21-13-9-19(10-14-21)30(37)38/h7-14H,15-17H2,1-6H3,(H,31,32)(H,33,34)/t28-/m0/s1. The molecule has 2 N–H and O–H groups in total. The first kappa shape index (κ1) is 32.5. The number of nitrogens with zero attached hydrogens (tertiary/aromatic N) is 2. The summed E-state index contributed by atoms with van der Waals surface area (Å²) in [5, 5.41) is 30.4. The average molecular weight is 575 g/mol. The molecule has 0 saturated carbocycles. The molecule has 1 atom stereocenters. The average Bonchev–Trinajstić information content (AvgIpc) is 2.84. The van der Waals surface area contributed by atoms with E-state index in [1.165, 1.54) is 48.5 Å². The van der Waals surface area contributed by atoms with E-state index in [1.54, 1.807) is 41.5 Å². The van der Waals surface area contributed by atoms with Crippen LogP contribution in [0.4, 0.5) is 15.3 Å². The Bertz CT molecular complexity index is 1280. The molecule has 0 spiro atoms. The number of ether oxygens (including phenoxy) is 3. The van der Waals surface area contributed by atoms with Gasteiger partial charge in [0.1, 0.15) is 23.6 Å². The van der Waals surface area contributed by atoms with Crippen LogP contribution >= 0.6 is 0 Å². The van der Waals surface area contributed by atoms with Crippen LogP contribution < -0.4 is 9.47 Å². The number of carboxylic acid groups (broad SMARTS) is 2. The van der Waals surface area contributed by atoms with Crippen molar-refractivity contribution in [1.29, 1.82) is 0 Å². The van der Waals surface area contributed by atoms with Crippen molar-refractivity contribution >= 4 is 29.9 Å². The molecule has 0 aliphatic heterocycles. The summed E-state index contributed by atoms with van der Waals surface area (Å²) in [6.45, 7) is 9.54. The van der Waals surface area contributed by atoms with E-state index in [-0.39, 0.29) is 30.2 Å². The van der Waals surface area contributed by atoms with Gasteiger partial charge >= 0.3 is 24.2 Å². The number of carbonyl (C=O) groups excluding carboxylic acids is 2. The minimum atomic E-state index is -1.90. The summed E-state index contributed by atoms with van der Waals surface area (Å²) in [4.78, 5) is 60.8. The highest BCUT2D eigenvalue weighted by atomic mass is 16.7. The number of benzene rings is 2. The molecule has 0 aliphatic carbocycles. The van der Waals surface area contributed by atoms with Gasteiger partial charge in [-0.2, -0.15) is 0 Å². The Hall–Kier alpha value is -4.68. The summed E-state index contributed by atoms with van der Waals surface area (Å²) in [6, 6.07) is 10.7. The van der Waals surface area contributed by atoms with Crippen LogP contribution in [0.25, 0.3) is 0 Å². The van der Waals surface area contributed by atoms with Crippen LogP contribution in [-0.2, 0) is 20.9 Å². The van der Waals surface area contributed by atoms with Gasteiger partial charge in [0, 0.05) is 24.1 Å². The number of carbonyl (C=O) groups is 4. The van der Waals surface area contributed by atoms with Crippen molar-refractivity contribution in [1.82, 2.24) is 4.90 Å². The Morgan fingerprint density at radius 2 is 1.34 bits per heavy atom. The topological polar surface area (TPSA) is 183 Å². The van der Waals surface area contributed by atoms with Crippen molar-refractivity contribution in [3.63, 3.8) is 0 Å². The molecule has 222 valence electrons. The fraction of sp³-hybridized carbons (Fsp3) is 0.429. The maximum atomic E-state index is 13.4. The van der Waals surface area contributed by atoms with Crippen LogP contribution in [0, 0.1) is 15.5 Å². The number of carboxylic acids is 2. The van der Waals surface area contributed by atoms with Gasteiger partial charge in [-0.15, -0.1) is 0 Å². The van der Waals surface area contributed by atoms with Crippen LogP contribution in [0.5, 0.6) is 11.5 Å². The van der Waals surface area contributed by atoms with Crippen LogP contribution in [0.2, 0.25) is 0 Å². The Balaban J connectivity index is 2.15. The number of aliphatic carboxylic acids is 2. The fourth-order valence-corrected chi connectivity index (χ4v) is 4.35. The molecule has 0 aliphatic rings. The van der Waals surface area contributed by atoms with Crippen LogP contribution in [-0.4, -0.2) is 55.3 Å². The monoisotopic (exact) mass is 574 g/mol. The zero-order valence-electron chi connectivity index (χ0n) is 23.7. The van der Waals surface area contributed by atoms with Gasteiger partial charge < -0.3 is 24.4 Å². The van der Waals surface area contributed by atoms with Gasteiger partial charge in [0.05, 0.1) is 4.92 Å². The third-order valence-electron chi connectivity index (χ3n) is 6.27. The number of nitro benzene ring substituents is 1. The van der Waals surface area contributed by atoms with E-state index in [4.69, 9.17) is 14.2 Å². The summed E-state index contributed by atoms with van der Waals surface area (Å²) in [6.07, 6.45) is -2.83. The zero-order valence-corrected chi connectivity index (χ0v) is 23.7. The molecule has 0 unspecified atom stereocenters. The molecule has 2 rings (SSSR count). The van der Waals surface area contributed by atoms with Crippen molar-refractivity contribution in [3.8, 4) is 11.5 Å². The largest absolute Gasteiger partial charge is 0.519 e. The number of hydrogen-bond acceptors (Lipinski definition) is 9. The minimum absolute atomic E-state index is 0.0450. The molecule has 13 heteroatoms. The van der Waals surface area contributed by atoms with Gasteiger partial charge in [-0.25, -0.2) is 14.4 Å². The van der Waals surface area contributed by atoms with Crippen molar-refractivity contribution in [2.45, 2.75) is 72.1 Å². The second-order valence-corrected chi connectivity index (χ2v) is 11.2. The van der Waals surface area contributed by atoms with E-state index in [0.29, 0.717) is 5.56 Å². The highest BCUT2D eigenvalue weighted by Crippen LogP contribution is 2.44. The Morgan fingerprint density at radius 3 is 1.73 bits per heavy atom. The highest BCUT2D eigenvalue weighted by molar-refractivity contribution is 5.86. The van der Waals surface area contributed by atoms with Crippen molar-refractivity contribution in [3.05, 3.63) is 64.2 Å². The normalized spacial score (nSPS) is 12.9. The van der Waals surface area contributed by atoms with Gasteiger partial charge in [-0.1, -0.05) is 32.9 Å². The first-order valence-electron chi connectivity index (χ1n) is 12.5. The van der Waals surface area contributed by atoms with Crippen LogP contribution in [0.1, 0.15) is 59.9 Å². The minimum Gasteiger partial charge on any atom is -0.481 e. The number of amides is 1. The zero-order chi connectivity index (χ0) is 31.2. The third kappa shape index (κ3) is 8.16. The van der Waals surface area contributed by atoms with E-state index >= 15 is 0 Å². The fourth-order valence-electron chi connectivity index (χ4n) is 4.35. The molecule has 41 heavy (non-hydrogen) atoms. The molecule has 2 aromatic rings. The molecule has 0 heterocycles. The highest BCUT2D eigenvalue weighted by Gasteiger charge is 2.58. The summed E-state index contributed by atoms with van der Waals surface area (Å²) >= 11 is 0. The van der Waals surface area contributed by atoms with Crippen molar-refractivity contribution in [2.24, 2.45) is 5.41 Å². The van der Waals surface area contributed by atoms with Crippen molar-refractivity contribution in [2.75, 3.05) is 0 Å². The van der Waals surface area contributed by atoms with Gasteiger partial charge in [0.25, 0.3) is 5.69 Å². The Morgan fingerprint density at radius 1 is 0.854 bits per heavy atom. The molecular formula is C28H34N2O11. The third-order valence-corrected chi connectivity index (χ3v) is 6.27. The second-order valence-electron chi connectivity index (χ2n) is 11.2. The summed E-state index contributed by atoms with van der Waals surface area (Å²) in [5.74, 6) is -2.39. The second kappa shape index (κ2) is 12.7. The summed E-state index contributed by atoms with van der Waals surface area (Å²) in [7, 11) is 0. The van der Waals surface area contributed by atoms with E-state index in [0.717, 1.165) is 4.90 Å². The molecule has 0 bridgehead atoms. The molecular weight excluding hydrogens is 540 g/mol. The Kier molecular flexibility index (Phi) is 10.0. The van der Waals surface area contributed by atoms with Crippen LogP contribution in [0.15, 0.2) is 48.5 Å². The quantitative estimate of drug-likeness (QED) is 0.155. The number of rotatable bonds is 10. The first-order chi connectivity index (χ1) is 18.9. The molecule has 0 radical (unpaired) electrons. The lowest BCUT2D eigenvalue weighted by Crippen LogP contribution is -2.69. The lowest BCUT2D eigenvalue weighted by molar-refractivity contribution is -0.384. The molecule has 0 fully saturated rings. The number of hydrogen-bond donors (Lipinski definition) is 2. The Labute approximate surface area is 236 Å². The van der Waals surface area contributed by atoms with Gasteiger partial charge in [0.15, 0.2) is 0 Å². The predicted octanol–water partition coefficient (Wildman–Crippen LogP) is 5.64. The predicted molar refractivity (Wildman–Crippen MR) is 145 cm³/mol. The number of non-ortho nitro benzene ring substituents is 1. The SMILES string of the molecule is CC(C)(C)N(C(=O)OCc1ccc(OC(=O)Oc2ccc([N+](=O)[O-])cc2)cc1)[C@@](CCC(=O)O)(C(=O)O)C(C)(C)C. The maximum absolute atomic E-state index is 13.4. The van der Waals surface area contributed by atoms with E-state index in [2.05, 4.69) is 0 Å². The lowest BCUT2D eigenvalue weighted by atomic mass is 9.68. The van der Waals surface area contributed by atoms with E-state index in [9.17, 15) is 39.5 Å². The maximum Gasteiger partial charge on any atom is 0.519 e. The molecule has 2 aromatic carbocycles. The van der Waals surface area contributed by atoms with Crippen LogP contribution in [0.3, 0.4) is 0 Å².